The van der Waals surface area contributed by atoms with Crippen molar-refractivity contribution < 1.29 is 17.6 Å². The molecule has 3 aromatic rings. The number of thiazole rings is 1. The van der Waals surface area contributed by atoms with E-state index in [1.54, 1.807) is 18.3 Å². The Bertz CT molecular complexity index is 1330. The monoisotopic (exact) mass is 507 g/mol. The van der Waals surface area contributed by atoms with Gasteiger partial charge in [0.05, 0.1) is 21.1 Å². The van der Waals surface area contributed by atoms with Crippen LogP contribution in [0.25, 0.3) is 12.7 Å². The number of rotatable bonds is 7. The summed E-state index contributed by atoms with van der Waals surface area (Å²) >= 11 is 1.07. The van der Waals surface area contributed by atoms with E-state index >= 15 is 0 Å². The molecule has 1 aliphatic rings. The van der Waals surface area contributed by atoms with Gasteiger partial charge in [-0.1, -0.05) is 30.0 Å². The molecule has 0 aliphatic heterocycles. The van der Waals surface area contributed by atoms with Crippen LogP contribution in [0, 0.1) is 5.82 Å². The summed E-state index contributed by atoms with van der Waals surface area (Å²) in [6, 6.07) is 5.56. The fraction of sp³-hybridized carbons (Fsp3) is 0.375. The molecule has 0 spiro atoms. The maximum atomic E-state index is 14.2. The molecule has 2 heterocycles. The predicted octanol–water partition coefficient (Wildman–Crippen LogP) is 3.18. The molecule has 1 aromatic carbocycles. The van der Waals surface area contributed by atoms with Gasteiger partial charge in [-0.3, -0.25) is 4.79 Å². The third-order valence-electron chi connectivity index (χ3n) is 5.98. The highest BCUT2D eigenvalue weighted by Crippen LogP contribution is 2.32. The fourth-order valence-corrected chi connectivity index (χ4v) is 4.90. The van der Waals surface area contributed by atoms with Crippen LogP contribution in [0.5, 0.6) is 0 Å². The minimum Gasteiger partial charge on any atom is -0.351 e. The van der Waals surface area contributed by atoms with Crippen molar-refractivity contribution in [2.45, 2.75) is 50.4 Å². The summed E-state index contributed by atoms with van der Waals surface area (Å²) in [5, 5.41) is 7.24. The Balaban J connectivity index is 1.26. The third-order valence-corrected chi connectivity index (χ3v) is 6.85. The Morgan fingerprint density at radius 2 is 1.91 bits per heavy atom. The number of alkyl halides is 3. The van der Waals surface area contributed by atoms with Crippen LogP contribution < -0.4 is 25.4 Å². The Kier molecular flexibility index (Phi) is 7.66. The van der Waals surface area contributed by atoms with Crippen LogP contribution in [0.4, 0.5) is 23.5 Å². The first-order valence-corrected chi connectivity index (χ1v) is 12.1. The molecule has 0 amide bonds. The number of aromatic amines is 1. The number of anilines is 1. The van der Waals surface area contributed by atoms with E-state index in [0.717, 1.165) is 47.6 Å². The summed E-state index contributed by atoms with van der Waals surface area (Å²) in [5.74, 6) is -0.685. The molecule has 0 radical (unpaired) electrons. The second-order valence-electron chi connectivity index (χ2n) is 8.48. The maximum absolute atomic E-state index is 14.2. The van der Waals surface area contributed by atoms with Gasteiger partial charge >= 0.3 is 11.0 Å². The second kappa shape index (κ2) is 10.7. The molecule has 1 aliphatic carbocycles. The largest absolute Gasteiger partial charge is 0.419 e. The average molecular weight is 508 g/mol. The van der Waals surface area contributed by atoms with Crippen LogP contribution in [0.3, 0.4) is 0 Å². The van der Waals surface area contributed by atoms with Gasteiger partial charge in [-0.25, -0.2) is 14.4 Å². The fourth-order valence-electron chi connectivity index (χ4n) is 4.17. The van der Waals surface area contributed by atoms with Crippen molar-refractivity contribution in [1.29, 1.82) is 0 Å². The first-order chi connectivity index (χ1) is 16.7. The van der Waals surface area contributed by atoms with Crippen molar-refractivity contribution >= 4 is 29.9 Å². The van der Waals surface area contributed by atoms with Crippen molar-refractivity contribution in [1.82, 2.24) is 20.3 Å². The summed E-state index contributed by atoms with van der Waals surface area (Å²) in [5.41, 5.74) is -0.490. The lowest BCUT2D eigenvalue weighted by atomic mass is 9.91. The lowest BCUT2D eigenvalue weighted by molar-refractivity contribution is -0.140. The van der Waals surface area contributed by atoms with Crippen LogP contribution >= 0.6 is 11.3 Å². The van der Waals surface area contributed by atoms with E-state index in [-0.39, 0.29) is 28.9 Å². The Morgan fingerprint density at radius 3 is 2.60 bits per heavy atom. The third kappa shape index (κ3) is 6.55. The molecule has 11 heteroatoms. The Morgan fingerprint density at radius 1 is 1.17 bits per heavy atom. The van der Waals surface area contributed by atoms with E-state index in [1.807, 2.05) is 0 Å². The number of halogens is 4. The summed E-state index contributed by atoms with van der Waals surface area (Å²) in [4.78, 5) is 22.7. The van der Waals surface area contributed by atoms with Crippen LogP contribution in [-0.2, 0) is 12.6 Å². The van der Waals surface area contributed by atoms with Crippen molar-refractivity contribution in [3.63, 3.8) is 0 Å². The van der Waals surface area contributed by atoms with E-state index in [1.165, 1.54) is 12.1 Å². The lowest BCUT2D eigenvalue weighted by Gasteiger charge is -2.30. The van der Waals surface area contributed by atoms with Gasteiger partial charge in [0.15, 0.2) is 0 Å². The topological polar surface area (TPSA) is 82.7 Å². The van der Waals surface area contributed by atoms with Gasteiger partial charge in [0.25, 0.3) is 0 Å². The quantitative estimate of drug-likeness (QED) is 0.428. The Hall–Kier alpha value is -3.05. The molecule has 186 valence electrons. The maximum Gasteiger partial charge on any atom is 0.419 e. The van der Waals surface area contributed by atoms with Crippen LogP contribution in [0.2, 0.25) is 0 Å². The van der Waals surface area contributed by atoms with Gasteiger partial charge in [0.1, 0.15) is 5.82 Å². The van der Waals surface area contributed by atoms with Gasteiger partial charge in [0.2, 0.25) is 5.95 Å². The normalized spacial score (nSPS) is 19.1. The molecule has 0 atom stereocenters. The summed E-state index contributed by atoms with van der Waals surface area (Å²) in [7, 11) is 0. The molecule has 1 saturated carbocycles. The van der Waals surface area contributed by atoms with Crippen molar-refractivity contribution in [3.8, 4) is 0 Å². The van der Waals surface area contributed by atoms with Gasteiger partial charge in [0, 0.05) is 18.3 Å². The number of benzene rings is 1. The van der Waals surface area contributed by atoms with Crippen molar-refractivity contribution in [3.05, 3.63) is 72.6 Å². The smallest absolute Gasteiger partial charge is 0.351 e. The molecular weight excluding hydrogens is 482 g/mol. The zero-order valence-electron chi connectivity index (χ0n) is 18.8. The predicted molar refractivity (Wildman–Crippen MR) is 128 cm³/mol. The first-order valence-electron chi connectivity index (χ1n) is 11.3. The molecule has 6 nitrogen and oxygen atoms in total. The molecule has 0 unspecified atom stereocenters. The van der Waals surface area contributed by atoms with Gasteiger partial charge in [-0.05, 0) is 62.4 Å². The minimum absolute atomic E-state index is 0.0643. The van der Waals surface area contributed by atoms with Crippen LogP contribution in [0.1, 0.15) is 42.5 Å². The number of nitrogens with one attached hydrogen (secondary N) is 3. The molecule has 35 heavy (non-hydrogen) atoms. The van der Waals surface area contributed by atoms with Gasteiger partial charge in [-0.15, -0.1) is 0 Å². The summed E-state index contributed by atoms with van der Waals surface area (Å²) in [6.45, 7) is 4.22. The SMILES string of the molecule is C=c1[nH]c(=O)sc1=Cc1ccnc(NC2CCC(NCCc3cccc(C(F)(F)F)c3F)CC2)n1. The standard InChI is InChI=1S/C24H25F4N5OS/c1-14-20(35-23(34)31-14)13-18-10-12-30-22(33-18)32-17-7-5-16(6-8-17)29-11-9-15-3-2-4-19(21(15)25)24(26,27)28/h2-4,10,12-13,16-17,29H,1,5-9,11H2,(H,31,34)(H,30,32,33). The highest BCUT2D eigenvalue weighted by Gasteiger charge is 2.34. The van der Waals surface area contributed by atoms with E-state index < -0.39 is 17.6 Å². The molecule has 3 N–H and O–H groups in total. The summed E-state index contributed by atoms with van der Waals surface area (Å²) in [6.07, 6.45) is 2.42. The molecule has 0 saturated heterocycles. The number of aromatic nitrogens is 3. The van der Waals surface area contributed by atoms with E-state index in [9.17, 15) is 22.4 Å². The zero-order valence-corrected chi connectivity index (χ0v) is 19.6. The molecule has 2 aromatic heterocycles. The summed E-state index contributed by atoms with van der Waals surface area (Å²) < 4.78 is 53.5. The molecule has 0 bridgehead atoms. The van der Waals surface area contributed by atoms with Crippen molar-refractivity contribution in [2.75, 3.05) is 11.9 Å². The molecular formula is C24H25F4N5OS. The minimum atomic E-state index is -4.70. The average Bonchev–Trinajstić information content (AvgIpc) is 3.12. The number of H-pyrrole nitrogens is 1. The van der Waals surface area contributed by atoms with Gasteiger partial charge in [-0.2, -0.15) is 13.2 Å². The van der Waals surface area contributed by atoms with Crippen molar-refractivity contribution in [2.24, 2.45) is 0 Å². The van der Waals surface area contributed by atoms with E-state index in [2.05, 4.69) is 32.2 Å². The second-order valence-corrected chi connectivity index (χ2v) is 9.49. The number of hydrogen-bond acceptors (Lipinski definition) is 6. The zero-order chi connectivity index (χ0) is 25.0. The molecule has 4 rings (SSSR count). The van der Waals surface area contributed by atoms with Crippen LogP contribution in [0.15, 0.2) is 35.3 Å². The highest BCUT2D eigenvalue weighted by atomic mass is 32.1. The first kappa shape index (κ1) is 25.1. The van der Waals surface area contributed by atoms with Gasteiger partial charge < -0.3 is 15.6 Å². The van der Waals surface area contributed by atoms with E-state index in [0.29, 0.717) is 23.5 Å². The number of hydrogen-bond donors (Lipinski definition) is 3. The molecule has 1 fully saturated rings. The van der Waals surface area contributed by atoms with E-state index in [4.69, 9.17) is 0 Å². The highest BCUT2D eigenvalue weighted by molar-refractivity contribution is 7.07. The van der Waals surface area contributed by atoms with Crippen LogP contribution in [-0.4, -0.2) is 33.6 Å². The lowest BCUT2D eigenvalue weighted by Crippen LogP contribution is -2.38. The number of nitrogens with zero attached hydrogens (tertiary/aromatic N) is 2. The Labute approximate surface area is 202 Å².